The zero-order valence-electron chi connectivity index (χ0n) is 8.38. The van der Waals surface area contributed by atoms with Crippen molar-refractivity contribution in [3.05, 3.63) is 28.3 Å². The predicted octanol–water partition coefficient (Wildman–Crippen LogP) is 2.64. The van der Waals surface area contributed by atoms with Crippen molar-refractivity contribution in [3.63, 3.8) is 0 Å². The molecule has 3 rings (SSSR count). The molecule has 0 saturated heterocycles. The molecule has 0 radical (unpaired) electrons. The van der Waals surface area contributed by atoms with Crippen molar-refractivity contribution in [3.8, 4) is 10.7 Å². The molecule has 0 spiro atoms. The minimum atomic E-state index is 0.627. The number of carbonyl (C=O) groups excluding carboxylic acids is 1. The second-order valence-corrected chi connectivity index (χ2v) is 5.62. The summed E-state index contributed by atoms with van der Waals surface area (Å²) < 4.78 is 1.98. The van der Waals surface area contributed by atoms with Gasteiger partial charge in [-0.3, -0.25) is 9.20 Å². The average Bonchev–Trinajstić information content (AvgIpc) is 2.88. The monoisotopic (exact) mass is 249 g/mol. The number of aryl methyl sites for hydroxylation is 1. The van der Waals surface area contributed by atoms with Crippen molar-refractivity contribution in [2.75, 3.05) is 0 Å². The summed E-state index contributed by atoms with van der Waals surface area (Å²) in [6.45, 7) is 2.05. The summed E-state index contributed by atoms with van der Waals surface area (Å²) in [5.74, 6) is 0. The van der Waals surface area contributed by atoms with Crippen molar-refractivity contribution in [2.45, 2.75) is 6.92 Å². The van der Waals surface area contributed by atoms with Crippen LogP contribution in [0.15, 0.2) is 18.6 Å². The van der Waals surface area contributed by atoms with Gasteiger partial charge in [-0.05, 0) is 6.92 Å². The number of imidazole rings is 1. The Morgan fingerprint density at radius 1 is 1.38 bits per heavy atom. The minimum absolute atomic E-state index is 0.627. The molecule has 0 aliphatic carbocycles. The first-order valence-corrected chi connectivity index (χ1v) is 6.26. The van der Waals surface area contributed by atoms with E-state index in [1.165, 1.54) is 16.2 Å². The minimum Gasteiger partial charge on any atom is -0.297 e. The topological polar surface area (TPSA) is 47.3 Å². The number of carbonyl (C=O) groups is 1. The van der Waals surface area contributed by atoms with Gasteiger partial charge >= 0.3 is 0 Å². The number of hydrogen-bond acceptors (Lipinski definition) is 5. The number of nitrogens with zero attached hydrogens (tertiary/aromatic N) is 3. The molecule has 80 valence electrons. The van der Waals surface area contributed by atoms with Gasteiger partial charge < -0.3 is 0 Å². The molecule has 4 nitrogen and oxygen atoms in total. The van der Waals surface area contributed by atoms with Crippen molar-refractivity contribution in [2.24, 2.45) is 0 Å². The van der Waals surface area contributed by atoms with Gasteiger partial charge in [-0.25, -0.2) is 9.97 Å². The summed E-state index contributed by atoms with van der Waals surface area (Å²) in [7, 11) is 0. The number of fused-ring (bicyclic) bond motifs is 1. The highest BCUT2D eigenvalue weighted by Crippen LogP contribution is 2.26. The highest BCUT2D eigenvalue weighted by atomic mass is 32.1. The van der Waals surface area contributed by atoms with Gasteiger partial charge in [-0.1, -0.05) is 0 Å². The van der Waals surface area contributed by atoms with Crippen LogP contribution in [0.5, 0.6) is 0 Å². The van der Waals surface area contributed by atoms with Crippen molar-refractivity contribution in [1.82, 2.24) is 14.4 Å². The molecule has 3 heterocycles. The van der Waals surface area contributed by atoms with E-state index in [2.05, 4.69) is 9.97 Å². The number of aldehydes is 1. The standard InChI is InChI=1S/C10H7N3OS2/c1-6-3-13-4-8(12-10(13)15-6)9-11-2-7(5-14)16-9/h2-5H,1H3. The lowest BCUT2D eigenvalue weighted by atomic mass is 10.5. The first kappa shape index (κ1) is 9.68. The van der Waals surface area contributed by atoms with E-state index < -0.39 is 0 Å². The average molecular weight is 249 g/mol. The number of aromatic nitrogens is 3. The molecule has 0 N–H and O–H groups in total. The zero-order chi connectivity index (χ0) is 11.1. The first-order chi connectivity index (χ1) is 7.76. The SMILES string of the molecule is Cc1cn2cc(-c3ncc(C=O)s3)nc2s1. The molecule has 3 aromatic rings. The quantitative estimate of drug-likeness (QED) is 0.656. The summed E-state index contributed by atoms with van der Waals surface area (Å²) in [6, 6.07) is 0. The Morgan fingerprint density at radius 2 is 2.25 bits per heavy atom. The smallest absolute Gasteiger partial charge is 0.194 e. The molecule has 0 atom stereocenters. The van der Waals surface area contributed by atoms with Crippen LogP contribution in [-0.4, -0.2) is 20.7 Å². The Kier molecular flexibility index (Phi) is 2.12. The van der Waals surface area contributed by atoms with Gasteiger partial charge in [0.15, 0.2) is 11.2 Å². The van der Waals surface area contributed by atoms with Gasteiger partial charge in [0.1, 0.15) is 10.7 Å². The summed E-state index contributed by atoms with van der Waals surface area (Å²) in [6.07, 6.45) is 6.35. The van der Waals surface area contributed by atoms with Crippen molar-refractivity contribution in [1.29, 1.82) is 0 Å². The third kappa shape index (κ3) is 1.46. The van der Waals surface area contributed by atoms with E-state index in [1.54, 1.807) is 17.5 Å². The number of rotatable bonds is 2. The van der Waals surface area contributed by atoms with Crippen LogP contribution in [0.3, 0.4) is 0 Å². The molecule has 3 aromatic heterocycles. The Balaban J connectivity index is 2.11. The molecule has 0 unspecified atom stereocenters. The fraction of sp³-hybridized carbons (Fsp3) is 0.100. The second kappa shape index (κ2) is 3.50. The molecule has 0 aliphatic heterocycles. The molecular formula is C10H7N3OS2. The van der Waals surface area contributed by atoms with Crippen LogP contribution in [0.1, 0.15) is 14.5 Å². The first-order valence-electron chi connectivity index (χ1n) is 4.63. The van der Waals surface area contributed by atoms with E-state index in [-0.39, 0.29) is 0 Å². The zero-order valence-corrected chi connectivity index (χ0v) is 10.0. The maximum absolute atomic E-state index is 10.6. The maximum atomic E-state index is 10.6. The highest BCUT2D eigenvalue weighted by Gasteiger charge is 2.10. The predicted molar refractivity (Wildman–Crippen MR) is 64.3 cm³/mol. The number of hydrogen-bond donors (Lipinski definition) is 0. The second-order valence-electron chi connectivity index (χ2n) is 3.34. The Hall–Kier alpha value is -1.53. The Labute approximate surface area is 99.2 Å². The van der Waals surface area contributed by atoms with E-state index in [0.717, 1.165) is 21.9 Å². The molecule has 0 aromatic carbocycles. The van der Waals surface area contributed by atoms with Crippen molar-refractivity contribution >= 4 is 33.9 Å². The van der Waals surface area contributed by atoms with Crippen LogP contribution in [-0.2, 0) is 0 Å². The van der Waals surface area contributed by atoms with Gasteiger partial charge in [0.25, 0.3) is 0 Å². The molecule has 6 heteroatoms. The summed E-state index contributed by atoms with van der Waals surface area (Å²) in [5.41, 5.74) is 0.823. The van der Waals surface area contributed by atoms with Gasteiger partial charge in [-0.2, -0.15) is 0 Å². The molecule has 0 fully saturated rings. The van der Waals surface area contributed by atoms with Crippen LogP contribution < -0.4 is 0 Å². The Bertz CT molecular complexity index is 633. The van der Waals surface area contributed by atoms with E-state index in [9.17, 15) is 4.79 Å². The largest absolute Gasteiger partial charge is 0.297 e. The summed E-state index contributed by atoms with van der Waals surface area (Å²) in [4.78, 5) is 22.0. The summed E-state index contributed by atoms with van der Waals surface area (Å²) >= 11 is 3.00. The molecule has 0 aliphatic rings. The van der Waals surface area contributed by atoms with Crippen molar-refractivity contribution < 1.29 is 4.79 Å². The third-order valence-electron chi connectivity index (χ3n) is 2.13. The lowest BCUT2D eigenvalue weighted by Gasteiger charge is -1.84. The molecule has 0 amide bonds. The highest BCUT2D eigenvalue weighted by molar-refractivity contribution is 7.17. The van der Waals surface area contributed by atoms with Crippen LogP contribution in [0.2, 0.25) is 0 Å². The van der Waals surface area contributed by atoms with Crippen LogP contribution in [0.4, 0.5) is 0 Å². The van der Waals surface area contributed by atoms with E-state index in [4.69, 9.17) is 0 Å². The molecule has 0 saturated carbocycles. The molecule has 16 heavy (non-hydrogen) atoms. The molecule has 0 bridgehead atoms. The van der Waals surface area contributed by atoms with Gasteiger partial charge in [0.05, 0.1) is 4.88 Å². The lowest BCUT2D eigenvalue weighted by molar-refractivity contribution is 0.112. The van der Waals surface area contributed by atoms with Gasteiger partial charge in [0, 0.05) is 23.5 Å². The van der Waals surface area contributed by atoms with Crippen LogP contribution in [0.25, 0.3) is 15.7 Å². The summed E-state index contributed by atoms with van der Waals surface area (Å²) in [5, 5.41) is 0.788. The lowest BCUT2D eigenvalue weighted by Crippen LogP contribution is -1.73. The molecular weight excluding hydrogens is 242 g/mol. The van der Waals surface area contributed by atoms with Crippen LogP contribution in [0, 0.1) is 6.92 Å². The third-order valence-corrected chi connectivity index (χ3v) is 3.99. The normalized spacial score (nSPS) is 11.1. The Morgan fingerprint density at radius 3 is 2.94 bits per heavy atom. The maximum Gasteiger partial charge on any atom is 0.194 e. The van der Waals surface area contributed by atoms with Crippen LogP contribution >= 0.6 is 22.7 Å². The fourth-order valence-corrected chi connectivity index (χ4v) is 2.97. The van der Waals surface area contributed by atoms with E-state index in [0.29, 0.717) is 4.88 Å². The van der Waals surface area contributed by atoms with E-state index >= 15 is 0 Å². The van der Waals surface area contributed by atoms with Gasteiger partial charge in [0.2, 0.25) is 0 Å². The number of thiazole rings is 2. The van der Waals surface area contributed by atoms with Gasteiger partial charge in [-0.15, -0.1) is 22.7 Å². The fourth-order valence-electron chi connectivity index (χ4n) is 1.47. The van der Waals surface area contributed by atoms with E-state index in [1.807, 2.05) is 23.7 Å².